The topological polar surface area (TPSA) is 97.4 Å². The Hall–Kier alpha value is -3.87. The van der Waals surface area contributed by atoms with Gasteiger partial charge in [0.2, 0.25) is 0 Å². The van der Waals surface area contributed by atoms with E-state index in [0.29, 0.717) is 18.0 Å². The van der Waals surface area contributed by atoms with Crippen LogP contribution in [0.15, 0.2) is 65.5 Å². The van der Waals surface area contributed by atoms with Crippen molar-refractivity contribution in [2.24, 2.45) is 0 Å². The van der Waals surface area contributed by atoms with Crippen LogP contribution >= 0.6 is 0 Å². The molecule has 36 heavy (non-hydrogen) atoms. The Morgan fingerprint density at radius 2 is 1.89 bits per heavy atom. The molecule has 1 aliphatic carbocycles. The number of carbonyl (C=O) groups excluding carboxylic acids is 2. The Balaban J connectivity index is 1.43. The summed E-state index contributed by atoms with van der Waals surface area (Å²) in [6.07, 6.45) is 9.99. The second-order valence-corrected chi connectivity index (χ2v) is 9.76. The summed E-state index contributed by atoms with van der Waals surface area (Å²) in [5.41, 5.74) is 4.16. The molecular weight excluding hydrogens is 454 g/mol. The second-order valence-electron chi connectivity index (χ2n) is 9.76. The number of imidazole rings is 1. The largest absolute Gasteiger partial charge is 0.508 e. The Labute approximate surface area is 210 Å². The number of Topliss-reactive ketones (excluding diaryl/α,β-unsaturated/α-hetero) is 1. The molecule has 1 aliphatic rings. The molecule has 4 aromatic rings. The first-order valence-corrected chi connectivity index (χ1v) is 12.6. The van der Waals surface area contributed by atoms with Crippen molar-refractivity contribution < 1.29 is 19.1 Å². The molecule has 186 valence electrons. The number of hydrogen-bond acceptors (Lipinski definition) is 5. The molecule has 1 amide bonds. The number of phenolic OH excluding ortho intramolecular Hbond substituents is 1. The van der Waals surface area contributed by atoms with Gasteiger partial charge in [-0.3, -0.25) is 9.59 Å². The minimum Gasteiger partial charge on any atom is -0.508 e. The lowest BCUT2D eigenvalue weighted by Crippen LogP contribution is -2.37. The van der Waals surface area contributed by atoms with Gasteiger partial charge >= 0.3 is 0 Å². The second kappa shape index (κ2) is 10.4. The number of nitrogens with zero attached hydrogens (tertiary/aromatic N) is 2. The van der Waals surface area contributed by atoms with Crippen LogP contribution in [0.5, 0.6) is 5.75 Å². The van der Waals surface area contributed by atoms with Crippen LogP contribution in [-0.4, -0.2) is 32.4 Å². The number of ketones is 1. The minimum absolute atomic E-state index is 0.00510. The van der Waals surface area contributed by atoms with Crippen LogP contribution in [0, 0.1) is 0 Å². The van der Waals surface area contributed by atoms with Crippen molar-refractivity contribution in [3.63, 3.8) is 0 Å². The fraction of sp³-hybridized carbons (Fsp3) is 0.345. The molecule has 2 N–H and O–H groups in total. The summed E-state index contributed by atoms with van der Waals surface area (Å²) in [5.74, 6) is 0.816. The highest BCUT2D eigenvalue weighted by Gasteiger charge is 2.24. The summed E-state index contributed by atoms with van der Waals surface area (Å²) in [5, 5.41) is 12.6. The molecular formula is C29H31N3O4. The first kappa shape index (κ1) is 23.9. The van der Waals surface area contributed by atoms with Gasteiger partial charge in [0, 0.05) is 24.1 Å². The number of nitrogens with one attached hydrogen (secondary N) is 1. The number of aromatic nitrogens is 2. The summed E-state index contributed by atoms with van der Waals surface area (Å²) >= 11 is 0. The summed E-state index contributed by atoms with van der Waals surface area (Å²) < 4.78 is 7.65. The number of benzene rings is 2. The first-order chi connectivity index (χ1) is 17.5. The maximum atomic E-state index is 13.2. The summed E-state index contributed by atoms with van der Waals surface area (Å²) in [7, 11) is 0. The summed E-state index contributed by atoms with van der Waals surface area (Å²) in [4.78, 5) is 30.0. The van der Waals surface area contributed by atoms with Crippen LogP contribution in [0.4, 0.5) is 0 Å². The third-order valence-corrected chi connectivity index (χ3v) is 6.96. The van der Waals surface area contributed by atoms with E-state index in [2.05, 4.69) is 9.88 Å². The summed E-state index contributed by atoms with van der Waals surface area (Å²) in [6, 6.07) is 14.4. The fourth-order valence-electron chi connectivity index (χ4n) is 5.25. The monoisotopic (exact) mass is 485 g/mol. The molecule has 7 nitrogen and oxygen atoms in total. The average Bonchev–Trinajstić information content (AvgIpc) is 3.53. The van der Waals surface area contributed by atoms with E-state index in [1.165, 1.54) is 26.2 Å². The molecule has 1 atom stereocenters. The van der Waals surface area contributed by atoms with E-state index in [4.69, 9.17) is 9.40 Å². The Morgan fingerprint density at radius 3 is 2.58 bits per heavy atom. The van der Waals surface area contributed by atoms with E-state index < -0.39 is 0 Å². The van der Waals surface area contributed by atoms with Gasteiger partial charge in [0.1, 0.15) is 23.6 Å². The van der Waals surface area contributed by atoms with Crippen molar-refractivity contribution in [1.82, 2.24) is 14.9 Å². The van der Waals surface area contributed by atoms with E-state index in [1.807, 2.05) is 24.3 Å². The zero-order valence-corrected chi connectivity index (χ0v) is 20.4. The molecule has 1 fully saturated rings. The van der Waals surface area contributed by atoms with Crippen molar-refractivity contribution in [3.8, 4) is 17.1 Å². The Bertz CT molecular complexity index is 1350. The predicted molar refractivity (Wildman–Crippen MR) is 138 cm³/mol. The van der Waals surface area contributed by atoms with Crippen LogP contribution in [0.1, 0.15) is 67.4 Å². The molecule has 7 heteroatoms. The normalized spacial score (nSPS) is 15.1. The molecule has 0 unspecified atom stereocenters. The minimum atomic E-state index is -0.350. The van der Waals surface area contributed by atoms with Gasteiger partial charge in [0.05, 0.1) is 22.9 Å². The van der Waals surface area contributed by atoms with Crippen molar-refractivity contribution in [3.05, 3.63) is 72.2 Å². The van der Waals surface area contributed by atoms with Crippen molar-refractivity contribution >= 4 is 22.7 Å². The van der Waals surface area contributed by atoms with E-state index in [-0.39, 0.29) is 29.9 Å². The number of fused-ring (bicyclic) bond motifs is 1. The van der Waals surface area contributed by atoms with Gasteiger partial charge in [-0.2, -0.15) is 0 Å². The molecule has 2 aromatic heterocycles. The maximum absolute atomic E-state index is 13.2. The van der Waals surface area contributed by atoms with E-state index in [0.717, 1.165) is 40.8 Å². The highest BCUT2D eigenvalue weighted by molar-refractivity contribution is 5.98. The predicted octanol–water partition coefficient (Wildman–Crippen LogP) is 5.83. The molecule has 0 spiro atoms. The molecule has 2 heterocycles. The molecule has 0 aliphatic heterocycles. The van der Waals surface area contributed by atoms with Crippen molar-refractivity contribution in [1.29, 1.82) is 0 Å². The van der Waals surface area contributed by atoms with Crippen LogP contribution < -0.4 is 5.32 Å². The standard InChI is InChI=1S/C29H31N3O4/c1-19(33)15-23(16-20-7-10-25(34)11-8-20)30-29(35)21-9-12-27-26(17-21)31-28(22-13-14-36-18-22)32(27)24-5-3-2-4-6-24/h7-14,17-18,23-24,34H,2-6,15-16H2,1H3,(H,30,35)/t23-/m1/s1. The van der Waals surface area contributed by atoms with E-state index >= 15 is 0 Å². The Kier molecular flexibility index (Phi) is 6.89. The molecule has 0 radical (unpaired) electrons. The smallest absolute Gasteiger partial charge is 0.251 e. The van der Waals surface area contributed by atoms with Gasteiger partial charge < -0.3 is 19.4 Å². The van der Waals surface area contributed by atoms with Crippen molar-refractivity contribution in [2.45, 2.75) is 64.0 Å². The first-order valence-electron chi connectivity index (χ1n) is 12.6. The number of phenols is 1. The Morgan fingerprint density at radius 1 is 1.11 bits per heavy atom. The number of aromatic hydroxyl groups is 1. The van der Waals surface area contributed by atoms with E-state index in [1.54, 1.807) is 36.8 Å². The number of amides is 1. The SMILES string of the molecule is CC(=O)C[C@H](Cc1ccc(O)cc1)NC(=O)c1ccc2c(c1)nc(-c1ccoc1)n2C1CCCCC1. The fourth-order valence-corrected chi connectivity index (χ4v) is 5.25. The quantitative estimate of drug-likeness (QED) is 0.327. The molecule has 0 saturated heterocycles. The third-order valence-electron chi connectivity index (χ3n) is 6.96. The molecule has 5 rings (SSSR count). The number of carbonyl (C=O) groups is 2. The highest BCUT2D eigenvalue weighted by atomic mass is 16.3. The van der Waals surface area contributed by atoms with Gasteiger partial charge in [-0.25, -0.2) is 4.98 Å². The highest BCUT2D eigenvalue weighted by Crippen LogP contribution is 2.36. The van der Waals surface area contributed by atoms with Gasteiger partial charge in [0.25, 0.3) is 5.91 Å². The lowest BCUT2D eigenvalue weighted by molar-refractivity contribution is -0.117. The molecule has 2 aromatic carbocycles. The van der Waals surface area contributed by atoms with Gasteiger partial charge in [-0.1, -0.05) is 31.4 Å². The number of rotatable bonds is 8. The van der Waals surface area contributed by atoms with Crippen LogP contribution in [0.2, 0.25) is 0 Å². The maximum Gasteiger partial charge on any atom is 0.251 e. The zero-order chi connectivity index (χ0) is 25.1. The van der Waals surface area contributed by atoms with Crippen LogP contribution in [0.3, 0.4) is 0 Å². The zero-order valence-electron chi connectivity index (χ0n) is 20.4. The van der Waals surface area contributed by atoms with E-state index in [9.17, 15) is 14.7 Å². The molecule has 0 bridgehead atoms. The molecule has 1 saturated carbocycles. The summed E-state index contributed by atoms with van der Waals surface area (Å²) in [6.45, 7) is 1.53. The van der Waals surface area contributed by atoms with Crippen LogP contribution in [0.25, 0.3) is 22.4 Å². The lowest BCUT2D eigenvalue weighted by atomic mass is 9.95. The number of hydrogen-bond donors (Lipinski definition) is 2. The number of furan rings is 1. The van der Waals surface area contributed by atoms with Gasteiger partial charge in [0.15, 0.2) is 0 Å². The average molecular weight is 486 g/mol. The van der Waals surface area contributed by atoms with Gasteiger partial charge in [-0.05, 0) is 68.1 Å². The third kappa shape index (κ3) is 5.20. The van der Waals surface area contributed by atoms with Crippen molar-refractivity contribution in [2.75, 3.05) is 0 Å². The van der Waals surface area contributed by atoms with Crippen LogP contribution in [-0.2, 0) is 11.2 Å². The van der Waals surface area contributed by atoms with Gasteiger partial charge in [-0.15, -0.1) is 0 Å². The lowest BCUT2D eigenvalue weighted by Gasteiger charge is -2.25.